The summed E-state index contributed by atoms with van der Waals surface area (Å²) in [5, 5.41) is 3.71. The van der Waals surface area contributed by atoms with Gasteiger partial charge in [-0.05, 0) is 36.4 Å². The first-order valence-electron chi connectivity index (χ1n) is 7.51. The van der Waals surface area contributed by atoms with Gasteiger partial charge in [0.05, 0.1) is 0 Å². The average molecular weight is 247 g/mol. The molecule has 0 amide bonds. The summed E-state index contributed by atoms with van der Waals surface area (Å²) in [5.41, 5.74) is 2.85. The summed E-state index contributed by atoms with van der Waals surface area (Å²) >= 11 is 0. The molecule has 0 spiro atoms. The second-order valence-electron chi connectivity index (χ2n) is 5.48. The van der Waals surface area contributed by atoms with E-state index >= 15 is 0 Å². The highest BCUT2D eigenvalue weighted by molar-refractivity contribution is 5.25. The first-order chi connectivity index (χ1) is 8.69. The van der Waals surface area contributed by atoms with Crippen LogP contribution in [0.5, 0.6) is 0 Å². The Kier molecular flexibility index (Phi) is 7.04. The number of benzene rings is 1. The molecule has 0 aliphatic rings. The zero-order valence-electron chi connectivity index (χ0n) is 12.5. The van der Waals surface area contributed by atoms with Crippen molar-refractivity contribution in [3.05, 3.63) is 35.4 Å². The predicted octanol–water partition coefficient (Wildman–Crippen LogP) is 4.73. The molecular weight excluding hydrogens is 218 g/mol. The van der Waals surface area contributed by atoms with Crippen LogP contribution in [-0.2, 0) is 6.42 Å². The third-order valence-corrected chi connectivity index (χ3v) is 3.56. The number of aryl methyl sites for hydroxylation is 1. The molecule has 0 aromatic heterocycles. The van der Waals surface area contributed by atoms with Crippen molar-refractivity contribution >= 4 is 0 Å². The average Bonchev–Trinajstić information content (AvgIpc) is 2.39. The lowest BCUT2D eigenvalue weighted by Crippen LogP contribution is -2.26. The van der Waals surface area contributed by atoms with Crippen LogP contribution in [0.15, 0.2) is 24.3 Å². The smallest absolute Gasteiger partial charge is 0.0343 e. The van der Waals surface area contributed by atoms with E-state index in [-0.39, 0.29) is 0 Å². The molecule has 102 valence electrons. The fraction of sp³-hybridized carbons (Fsp3) is 0.647. The van der Waals surface area contributed by atoms with Crippen molar-refractivity contribution in [1.82, 2.24) is 5.32 Å². The highest BCUT2D eigenvalue weighted by Gasteiger charge is 2.14. The normalized spacial score (nSPS) is 12.9. The van der Waals surface area contributed by atoms with Gasteiger partial charge in [0.25, 0.3) is 0 Å². The molecule has 0 saturated carbocycles. The first kappa shape index (κ1) is 15.2. The van der Waals surface area contributed by atoms with Gasteiger partial charge in [-0.3, -0.25) is 0 Å². The zero-order chi connectivity index (χ0) is 13.4. The Hall–Kier alpha value is -0.820. The summed E-state index contributed by atoms with van der Waals surface area (Å²) < 4.78 is 0. The number of hydrogen-bond acceptors (Lipinski definition) is 1. The van der Waals surface area contributed by atoms with E-state index in [1.165, 1.54) is 30.4 Å². The van der Waals surface area contributed by atoms with Crippen LogP contribution in [0.1, 0.15) is 64.1 Å². The fourth-order valence-electron chi connectivity index (χ4n) is 2.33. The molecule has 0 saturated heterocycles. The van der Waals surface area contributed by atoms with Gasteiger partial charge in [0, 0.05) is 6.04 Å². The molecule has 0 heterocycles. The molecule has 1 atom stereocenters. The fourth-order valence-corrected chi connectivity index (χ4v) is 2.33. The van der Waals surface area contributed by atoms with Gasteiger partial charge in [-0.15, -0.1) is 0 Å². The number of unbranched alkanes of at least 4 members (excludes halogenated alkanes) is 2. The summed E-state index contributed by atoms with van der Waals surface area (Å²) in [5.74, 6) is 0.638. The quantitative estimate of drug-likeness (QED) is 0.655. The van der Waals surface area contributed by atoms with E-state index in [1.54, 1.807) is 0 Å². The lowest BCUT2D eigenvalue weighted by Gasteiger charge is -2.23. The number of hydrogen-bond donors (Lipinski definition) is 1. The standard InChI is InChI=1S/C17H29N/c1-5-7-8-13-18-17(14(3)4)16-11-9-15(6-2)10-12-16/h9-12,14,17-18H,5-8,13H2,1-4H3. The number of nitrogens with one attached hydrogen (secondary N) is 1. The molecule has 18 heavy (non-hydrogen) atoms. The minimum atomic E-state index is 0.493. The molecule has 1 nitrogen and oxygen atoms in total. The van der Waals surface area contributed by atoms with E-state index in [9.17, 15) is 0 Å². The van der Waals surface area contributed by atoms with Gasteiger partial charge in [0.2, 0.25) is 0 Å². The molecule has 0 radical (unpaired) electrons. The van der Waals surface area contributed by atoms with Gasteiger partial charge in [-0.1, -0.05) is 64.8 Å². The van der Waals surface area contributed by atoms with Gasteiger partial charge in [-0.2, -0.15) is 0 Å². The van der Waals surface area contributed by atoms with Crippen LogP contribution < -0.4 is 5.32 Å². The molecule has 0 aliphatic heterocycles. The predicted molar refractivity (Wildman–Crippen MR) is 80.9 cm³/mol. The highest BCUT2D eigenvalue weighted by atomic mass is 14.9. The van der Waals surface area contributed by atoms with E-state index in [4.69, 9.17) is 0 Å². The molecule has 1 aromatic carbocycles. The maximum absolute atomic E-state index is 3.71. The van der Waals surface area contributed by atoms with Crippen molar-refractivity contribution in [3.63, 3.8) is 0 Å². The first-order valence-corrected chi connectivity index (χ1v) is 7.51. The number of rotatable bonds is 8. The summed E-state index contributed by atoms with van der Waals surface area (Å²) in [6, 6.07) is 9.59. The van der Waals surface area contributed by atoms with Crippen LogP contribution in [0.2, 0.25) is 0 Å². The largest absolute Gasteiger partial charge is 0.310 e. The minimum absolute atomic E-state index is 0.493. The van der Waals surface area contributed by atoms with Crippen LogP contribution in [0.25, 0.3) is 0 Å². The molecule has 1 unspecified atom stereocenters. The summed E-state index contributed by atoms with van der Waals surface area (Å²) in [6.07, 6.45) is 5.02. The van der Waals surface area contributed by atoms with Crippen LogP contribution >= 0.6 is 0 Å². The van der Waals surface area contributed by atoms with Gasteiger partial charge in [0.1, 0.15) is 0 Å². The maximum Gasteiger partial charge on any atom is 0.0343 e. The summed E-state index contributed by atoms with van der Waals surface area (Å²) in [6.45, 7) is 10.2. The van der Waals surface area contributed by atoms with Crippen molar-refractivity contribution < 1.29 is 0 Å². The molecule has 0 bridgehead atoms. The van der Waals surface area contributed by atoms with Gasteiger partial charge in [-0.25, -0.2) is 0 Å². The van der Waals surface area contributed by atoms with Crippen LogP contribution in [0.4, 0.5) is 0 Å². The molecule has 1 N–H and O–H groups in total. The van der Waals surface area contributed by atoms with E-state index < -0.39 is 0 Å². The Balaban J connectivity index is 2.59. The summed E-state index contributed by atoms with van der Waals surface area (Å²) in [7, 11) is 0. The Labute approximate surface area is 113 Å². The van der Waals surface area contributed by atoms with E-state index in [2.05, 4.69) is 57.3 Å². The Bertz CT molecular complexity index is 313. The highest BCUT2D eigenvalue weighted by Crippen LogP contribution is 2.22. The van der Waals surface area contributed by atoms with Gasteiger partial charge < -0.3 is 5.32 Å². The SMILES string of the molecule is CCCCCNC(c1ccc(CC)cc1)C(C)C. The molecule has 1 aromatic rings. The van der Waals surface area contributed by atoms with Crippen LogP contribution in [0.3, 0.4) is 0 Å². The Morgan fingerprint density at radius 1 is 1.00 bits per heavy atom. The minimum Gasteiger partial charge on any atom is -0.310 e. The van der Waals surface area contributed by atoms with E-state index in [0.717, 1.165) is 13.0 Å². The van der Waals surface area contributed by atoms with Gasteiger partial charge in [0.15, 0.2) is 0 Å². The van der Waals surface area contributed by atoms with E-state index in [0.29, 0.717) is 12.0 Å². The summed E-state index contributed by atoms with van der Waals surface area (Å²) in [4.78, 5) is 0. The van der Waals surface area contributed by atoms with Crippen LogP contribution in [-0.4, -0.2) is 6.54 Å². The lowest BCUT2D eigenvalue weighted by molar-refractivity contribution is 0.406. The van der Waals surface area contributed by atoms with Crippen molar-refractivity contribution in [3.8, 4) is 0 Å². The Morgan fingerprint density at radius 3 is 2.17 bits per heavy atom. The zero-order valence-corrected chi connectivity index (χ0v) is 12.5. The van der Waals surface area contributed by atoms with Crippen molar-refractivity contribution in [2.24, 2.45) is 5.92 Å². The van der Waals surface area contributed by atoms with Gasteiger partial charge >= 0.3 is 0 Å². The third-order valence-electron chi connectivity index (χ3n) is 3.56. The second-order valence-corrected chi connectivity index (χ2v) is 5.48. The molecular formula is C17H29N. The van der Waals surface area contributed by atoms with Crippen molar-refractivity contribution in [2.75, 3.05) is 6.54 Å². The molecule has 1 rings (SSSR count). The second kappa shape index (κ2) is 8.31. The third kappa shape index (κ3) is 4.81. The van der Waals surface area contributed by atoms with E-state index in [1.807, 2.05) is 0 Å². The lowest BCUT2D eigenvalue weighted by atomic mass is 9.94. The Morgan fingerprint density at radius 2 is 1.67 bits per heavy atom. The topological polar surface area (TPSA) is 12.0 Å². The monoisotopic (exact) mass is 247 g/mol. The maximum atomic E-state index is 3.71. The van der Waals surface area contributed by atoms with Crippen LogP contribution in [0, 0.1) is 5.92 Å². The van der Waals surface area contributed by atoms with Crippen molar-refractivity contribution in [1.29, 1.82) is 0 Å². The molecule has 1 heteroatoms. The molecule has 0 aliphatic carbocycles. The molecule has 0 fully saturated rings. The van der Waals surface area contributed by atoms with Crippen molar-refractivity contribution in [2.45, 2.75) is 59.4 Å².